The van der Waals surface area contributed by atoms with Crippen LogP contribution in [-0.2, 0) is 0 Å². The third-order valence-electron chi connectivity index (χ3n) is 6.67. The summed E-state index contributed by atoms with van der Waals surface area (Å²) in [5.41, 5.74) is 0. The predicted octanol–water partition coefficient (Wildman–Crippen LogP) is 6.07. The molecule has 0 spiro atoms. The first-order valence-corrected chi connectivity index (χ1v) is 10.3. The van der Waals surface area contributed by atoms with E-state index in [1.165, 1.54) is 89.9 Å². The van der Waals surface area contributed by atoms with E-state index >= 15 is 0 Å². The van der Waals surface area contributed by atoms with Gasteiger partial charge in [0.2, 0.25) is 0 Å². The van der Waals surface area contributed by atoms with Crippen LogP contribution in [0.15, 0.2) is 12.3 Å². The SMILES string of the molecule is C1=CC(C2CCCCCCC2)C(C2CCCCCCC2)C[N]1. The molecule has 0 bridgehead atoms. The molecule has 3 aliphatic rings. The molecule has 22 heavy (non-hydrogen) atoms. The minimum absolute atomic E-state index is 0.847. The van der Waals surface area contributed by atoms with Crippen LogP contribution in [0.2, 0.25) is 0 Å². The average Bonchev–Trinajstić information content (AvgIpc) is 2.47. The van der Waals surface area contributed by atoms with Gasteiger partial charge in [0.25, 0.3) is 0 Å². The lowest BCUT2D eigenvalue weighted by Crippen LogP contribution is -2.36. The normalized spacial score (nSPS) is 33.3. The predicted molar refractivity (Wildman–Crippen MR) is 94.7 cm³/mol. The van der Waals surface area contributed by atoms with Crippen molar-refractivity contribution < 1.29 is 0 Å². The van der Waals surface area contributed by atoms with E-state index in [1.807, 2.05) is 0 Å². The van der Waals surface area contributed by atoms with Crippen LogP contribution in [0.3, 0.4) is 0 Å². The second kappa shape index (κ2) is 8.99. The number of allylic oxidation sites excluding steroid dienone is 1. The number of rotatable bonds is 2. The van der Waals surface area contributed by atoms with E-state index in [0.29, 0.717) is 0 Å². The molecule has 125 valence electrons. The molecular weight excluding hydrogens is 266 g/mol. The van der Waals surface area contributed by atoms with Crippen LogP contribution in [0.1, 0.15) is 89.9 Å². The third kappa shape index (κ3) is 4.52. The van der Waals surface area contributed by atoms with E-state index in [1.54, 1.807) is 0 Å². The van der Waals surface area contributed by atoms with Gasteiger partial charge in [0.05, 0.1) is 0 Å². The molecule has 0 saturated heterocycles. The highest BCUT2D eigenvalue weighted by Crippen LogP contribution is 2.41. The van der Waals surface area contributed by atoms with Crippen molar-refractivity contribution in [1.29, 1.82) is 0 Å². The van der Waals surface area contributed by atoms with E-state index < -0.39 is 0 Å². The van der Waals surface area contributed by atoms with Gasteiger partial charge >= 0.3 is 0 Å². The van der Waals surface area contributed by atoms with E-state index in [0.717, 1.165) is 30.2 Å². The molecule has 1 nitrogen and oxygen atoms in total. The Morgan fingerprint density at radius 2 is 1.09 bits per heavy atom. The standard InChI is InChI=1S/C21H36N/c1-3-7-11-18(12-8-4-1)20-15-16-22-17-21(20)19-13-9-5-2-6-10-14-19/h15-16,18-21H,1-14,17H2. The van der Waals surface area contributed by atoms with E-state index in [2.05, 4.69) is 12.3 Å². The summed E-state index contributed by atoms with van der Waals surface area (Å²) >= 11 is 0. The molecule has 1 aliphatic heterocycles. The first kappa shape index (κ1) is 16.4. The number of nitrogens with zero attached hydrogens (tertiary/aromatic N) is 1. The van der Waals surface area contributed by atoms with Crippen molar-refractivity contribution in [2.24, 2.45) is 23.7 Å². The van der Waals surface area contributed by atoms with Crippen LogP contribution in [0.25, 0.3) is 0 Å². The molecule has 0 aromatic heterocycles. The fourth-order valence-corrected chi connectivity index (χ4v) is 5.37. The third-order valence-corrected chi connectivity index (χ3v) is 6.67. The van der Waals surface area contributed by atoms with Crippen LogP contribution in [-0.4, -0.2) is 6.54 Å². The van der Waals surface area contributed by atoms with E-state index in [-0.39, 0.29) is 0 Å². The Morgan fingerprint density at radius 3 is 1.68 bits per heavy atom. The van der Waals surface area contributed by atoms with Gasteiger partial charge < -0.3 is 0 Å². The molecule has 3 rings (SSSR count). The topological polar surface area (TPSA) is 14.1 Å². The lowest BCUT2D eigenvalue weighted by molar-refractivity contribution is 0.144. The molecule has 1 heterocycles. The van der Waals surface area contributed by atoms with Gasteiger partial charge in [-0.2, -0.15) is 0 Å². The highest BCUT2D eigenvalue weighted by Gasteiger charge is 2.34. The molecule has 0 amide bonds. The van der Waals surface area contributed by atoms with Crippen LogP contribution in [0.4, 0.5) is 0 Å². The second-order valence-electron chi connectivity index (χ2n) is 8.16. The first-order valence-electron chi connectivity index (χ1n) is 10.3. The summed E-state index contributed by atoms with van der Waals surface area (Å²) in [6, 6.07) is 0. The summed E-state index contributed by atoms with van der Waals surface area (Å²) < 4.78 is 0. The van der Waals surface area contributed by atoms with Gasteiger partial charge in [-0.25, -0.2) is 0 Å². The maximum absolute atomic E-state index is 4.69. The quantitative estimate of drug-likeness (QED) is 0.587. The molecule has 2 aliphatic carbocycles. The maximum atomic E-state index is 4.69. The van der Waals surface area contributed by atoms with Gasteiger partial charge in [-0.3, -0.25) is 5.32 Å². The smallest absolute Gasteiger partial charge is 0.0425 e. The molecule has 2 fully saturated rings. The fraction of sp³-hybridized carbons (Fsp3) is 0.905. The largest absolute Gasteiger partial charge is 0.293 e. The van der Waals surface area contributed by atoms with Crippen molar-refractivity contribution in [3.05, 3.63) is 12.3 Å². The summed E-state index contributed by atoms with van der Waals surface area (Å²) in [5.74, 6) is 3.64. The first-order chi connectivity index (χ1) is 10.9. The molecule has 2 unspecified atom stereocenters. The maximum Gasteiger partial charge on any atom is 0.0425 e. The zero-order valence-electron chi connectivity index (χ0n) is 14.5. The molecule has 0 aromatic rings. The zero-order chi connectivity index (χ0) is 15.0. The van der Waals surface area contributed by atoms with Crippen LogP contribution >= 0.6 is 0 Å². The Kier molecular flexibility index (Phi) is 6.70. The van der Waals surface area contributed by atoms with Crippen LogP contribution in [0, 0.1) is 23.7 Å². The molecule has 1 heteroatoms. The average molecular weight is 303 g/mol. The zero-order valence-corrected chi connectivity index (χ0v) is 14.5. The van der Waals surface area contributed by atoms with Gasteiger partial charge in [-0.05, 0) is 36.5 Å². The fourth-order valence-electron chi connectivity index (χ4n) is 5.37. The van der Waals surface area contributed by atoms with E-state index in [4.69, 9.17) is 5.32 Å². The summed E-state index contributed by atoms with van der Waals surface area (Å²) in [6.45, 7) is 1.13. The van der Waals surface area contributed by atoms with Gasteiger partial charge in [0.15, 0.2) is 0 Å². The van der Waals surface area contributed by atoms with Crippen molar-refractivity contribution in [3.8, 4) is 0 Å². The van der Waals surface area contributed by atoms with Crippen molar-refractivity contribution in [2.45, 2.75) is 89.9 Å². The Balaban J connectivity index is 1.65. The Bertz CT molecular complexity index is 319. The number of hydrogen-bond acceptors (Lipinski definition) is 0. The molecule has 2 atom stereocenters. The van der Waals surface area contributed by atoms with E-state index in [9.17, 15) is 0 Å². The minimum atomic E-state index is 0.847. The monoisotopic (exact) mass is 302 g/mol. The van der Waals surface area contributed by atoms with Crippen molar-refractivity contribution in [1.82, 2.24) is 5.32 Å². The summed E-state index contributed by atoms with van der Waals surface area (Å²) in [4.78, 5) is 0. The van der Waals surface area contributed by atoms with Crippen molar-refractivity contribution in [3.63, 3.8) is 0 Å². The highest BCUT2D eigenvalue weighted by atomic mass is 14.9. The minimum Gasteiger partial charge on any atom is -0.293 e. The Hall–Kier alpha value is -0.460. The lowest BCUT2D eigenvalue weighted by Gasteiger charge is -2.40. The lowest BCUT2D eigenvalue weighted by atomic mass is 9.67. The highest BCUT2D eigenvalue weighted by molar-refractivity contribution is 5.01. The molecule has 1 radical (unpaired) electrons. The van der Waals surface area contributed by atoms with Crippen LogP contribution < -0.4 is 5.32 Å². The van der Waals surface area contributed by atoms with Gasteiger partial charge in [0, 0.05) is 12.7 Å². The molecule has 0 N–H and O–H groups in total. The summed E-state index contributed by atoms with van der Waals surface area (Å²) in [7, 11) is 0. The Labute approximate surface area is 138 Å². The van der Waals surface area contributed by atoms with Gasteiger partial charge in [-0.1, -0.05) is 83.1 Å². The Morgan fingerprint density at radius 1 is 0.591 bits per heavy atom. The van der Waals surface area contributed by atoms with Crippen molar-refractivity contribution in [2.75, 3.05) is 6.54 Å². The summed E-state index contributed by atoms with van der Waals surface area (Å²) in [6.07, 6.45) is 25.4. The molecular formula is C21H36N. The van der Waals surface area contributed by atoms with Gasteiger partial charge in [0.1, 0.15) is 0 Å². The number of hydrogen-bond donors (Lipinski definition) is 0. The van der Waals surface area contributed by atoms with Crippen LogP contribution in [0.5, 0.6) is 0 Å². The summed E-state index contributed by atoms with van der Waals surface area (Å²) in [5, 5.41) is 4.69. The molecule has 2 saturated carbocycles. The van der Waals surface area contributed by atoms with Crippen molar-refractivity contribution >= 4 is 0 Å². The van der Waals surface area contributed by atoms with Gasteiger partial charge in [-0.15, -0.1) is 0 Å². The molecule has 0 aromatic carbocycles. The second-order valence-corrected chi connectivity index (χ2v) is 8.16.